The molecule has 6 nitrogen and oxygen atoms in total. The minimum absolute atomic E-state index is 0.000325. The van der Waals surface area contributed by atoms with Gasteiger partial charge in [-0.05, 0) is 40.5 Å². The van der Waals surface area contributed by atoms with Crippen molar-refractivity contribution in [1.82, 2.24) is 4.90 Å². The van der Waals surface area contributed by atoms with E-state index in [1.165, 1.54) is 0 Å². The summed E-state index contributed by atoms with van der Waals surface area (Å²) in [6.45, 7) is 8.37. The van der Waals surface area contributed by atoms with Gasteiger partial charge in [-0.2, -0.15) is 0 Å². The second kappa shape index (κ2) is 7.04. The lowest BCUT2D eigenvalue weighted by Crippen LogP contribution is -2.47. The molecule has 0 aromatic heterocycles. The van der Waals surface area contributed by atoms with Crippen molar-refractivity contribution in [1.29, 1.82) is 0 Å². The monoisotopic (exact) mass is 286 g/mol. The molecule has 6 heteroatoms. The van der Waals surface area contributed by atoms with Crippen LogP contribution in [-0.4, -0.2) is 54.2 Å². The van der Waals surface area contributed by atoms with Crippen molar-refractivity contribution in [3.63, 3.8) is 0 Å². The Balaban J connectivity index is 2.26. The Morgan fingerprint density at radius 3 is 2.30 bits per heavy atom. The quantitative estimate of drug-likeness (QED) is 0.769. The second-order valence-electron chi connectivity index (χ2n) is 6.21. The summed E-state index contributed by atoms with van der Waals surface area (Å²) >= 11 is 0. The highest BCUT2D eigenvalue weighted by Gasteiger charge is 2.26. The van der Waals surface area contributed by atoms with Crippen LogP contribution in [-0.2, 0) is 19.1 Å². The third kappa shape index (κ3) is 5.88. The number of hydrogen-bond donors (Lipinski definition) is 1. The van der Waals surface area contributed by atoms with Gasteiger partial charge in [0.2, 0.25) is 5.91 Å². The molecule has 1 aliphatic rings. The van der Waals surface area contributed by atoms with Crippen LogP contribution in [0.3, 0.4) is 0 Å². The number of nitrogens with zero attached hydrogens (tertiary/aromatic N) is 1. The summed E-state index contributed by atoms with van der Waals surface area (Å²) in [6, 6.07) is -0.464. The van der Waals surface area contributed by atoms with Crippen LogP contribution in [0.5, 0.6) is 0 Å². The first-order valence-corrected chi connectivity index (χ1v) is 7.07. The largest absolute Gasteiger partial charge is 0.458 e. The molecule has 0 saturated carbocycles. The molecule has 1 heterocycles. The average Bonchev–Trinajstić information content (AvgIpc) is 2.34. The first kappa shape index (κ1) is 16.9. The van der Waals surface area contributed by atoms with E-state index in [9.17, 15) is 9.59 Å². The fourth-order valence-electron chi connectivity index (χ4n) is 2.09. The Labute approximate surface area is 120 Å². The molecule has 0 spiro atoms. The predicted molar refractivity (Wildman–Crippen MR) is 75.0 cm³/mol. The molecule has 1 aliphatic heterocycles. The molecule has 0 aliphatic carbocycles. The Morgan fingerprint density at radius 1 is 1.30 bits per heavy atom. The van der Waals surface area contributed by atoms with Crippen molar-refractivity contribution in [2.75, 3.05) is 19.7 Å². The van der Waals surface area contributed by atoms with E-state index in [1.54, 1.807) is 11.8 Å². The Hall–Kier alpha value is -1.14. The molecule has 0 aromatic rings. The van der Waals surface area contributed by atoms with Crippen LogP contribution in [0.4, 0.5) is 0 Å². The molecule has 1 amide bonds. The molecule has 0 radical (unpaired) electrons. The molecule has 2 N–H and O–H groups in total. The van der Waals surface area contributed by atoms with E-state index < -0.39 is 11.6 Å². The van der Waals surface area contributed by atoms with Gasteiger partial charge in [-0.3, -0.25) is 4.79 Å². The normalized spacial score (nSPS) is 18.8. The molecule has 20 heavy (non-hydrogen) atoms. The minimum atomic E-state index is -0.493. The zero-order valence-corrected chi connectivity index (χ0v) is 12.8. The number of amides is 1. The molecule has 116 valence electrons. The Bertz CT molecular complexity index is 342. The summed E-state index contributed by atoms with van der Waals surface area (Å²) < 4.78 is 10.7. The lowest BCUT2D eigenvalue weighted by Gasteiger charge is -2.32. The van der Waals surface area contributed by atoms with Crippen LogP contribution in [0.2, 0.25) is 0 Å². The standard InChI is InChI=1S/C14H26N2O4/c1-10(15)13(18)16-7-5-11(6-8-16)19-9-12(17)20-14(2,3)4/h10-11H,5-9,15H2,1-4H3/t10-/m0/s1. The van der Waals surface area contributed by atoms with Gasteiger partial charge in [0.05, 0.1) is 12.1 Å². The molecular weight excluding hydrogens is 260 g/mol. The summed E-state index contributed by atoms with van der Waals surface area (Å²) in [7, 11) is 0. The van der Waals surface area contributed by atoms with Gasteiger partial charge in [-0.25, -0.2) is 4.79 Å². The van der Waals surface area contributed by atoms with E-state index in [0.29, 0.717) is 13.1 Å². The maximum Gasteiger partial charge on any atom is 0.332 e. The van der Waals surface area contributed by atoms with Gasteiger partial charge >= 0.3 is 5.97 Å². The lowest BCUT2D eigenvalue weighted by molar-refractivity contribution is -0.163. The fraction of sp³-hybridized carbons (Fsp3) is 0.857. The first-order chi connectivity index (χ1) is 9.19. The topological polar surface area (TPSA) is 81.9 Å². The summed E-state index contributed by atoms with van der Waals surface area (Å²) in [4.78, 5) is 25.0. The van der Waals surface area contributed by atoms with E-state index >= 15 is 0 Å². The van der Waals surface area contributed by atoms with E-state index in [-0.39, 0.29) is 24.6 Å². The van der Waals surface area contributed by atoms with Crippen LogP contribution in [0.15, 0.2) is 0 Å². The van der Waals surface area contributed by atoms with Crippen LogP contribution in [0.1, 0.15) is 40.5 Å². The van der Waals surface area contributed by atoms with Crippen molar-refractivity contribution in [2.24, 2.45) is 5.73 Å². The zero-order chi connectivity index (χ0) is 15.3. The highest BCUT2D eigenvalue weighted by atomic mass is 16.6. The Morgan fingerprint density at radius 2 is 1.85 bits per heavy atom. The highest BCUT2D eigenvalue weighted by molar-refractivity contribution is 5.81. The van der Waals surface area contributed by atoms with Gasteiger partial charge in [-0.15, -0.1) is 0 Å². The summed E-state index contributed by atoms with van der Waals surface area (Å²) in [5.41, 5.74) is 5.08. The minimum Gasteiger partial charge on any atom is -0.458 e. The van der Waals surface area contributed by atoms with E-state index in [2.05, 4.69) is 0 Å². The van der Waals surface area contributed by atoms with E-state index in [1.807, 2.05) is 20.8 Å². The van der Waals surface area contributed by atoms with Gasteiger partial charge in [0.1, 0.15) is 12.2 Å². The molecular formula is C14H26N2O4. The number of carbonyl (C=O) groups is 2. The molecule has 1 rings (SSSR count). The number of hydrogen-bond acceptors (Lipinski definition) is 5. The number of ether oxygens (including phenoxy) is 2. The lowest BCUT2D eigenvalue weighted by atomic mass is 10.1. The molecule has 0 unspecified atom stereocenters. The molecule has 1 atom stereocenters. The highest BCUT2D eigenvalue weighted by Crippen LogP contribution is 2.15. The molecule has 0 bridgehead atoms. The van der Waals surface area contributed by atoms with Crippen molar-refractivity contribution in [2.45, 2.75) is 58.3 Å². The molecule has 1 saturated heterocycles. The number of nitrogens with two attached hydrogens (primary N) is 1. The second-order valence-corrected chi connectivity index (χ2v) is 6.21. The maximum atomic E-state index is 11.7. The number of esters is 1. The summed E-state index contributed by atoms with van der Waals surface area (Å²) in [5, 5.41) is 0. The van der Waals surface area contributed by atoms with Crippen molar-refractivity contribution >= 4 is 11.9 Å². The zero-order valence-electron chi connectivity index (χ0n) is 12.8. The third-order valence-electron chi connectivity index (χ3n) is 3.00. The molecule has 0 aromatic carbocycles. The van der Waals surface area contributed by atoms with Gasteiger partial charge in [-0.1, -0.05) is 0 Å². The van der Waals surface area contributed by atoms with Crippen molar-refractivity contribution < 1.29 is 19.1 Å². The summed E-state index contributed by atoms with van der Waals surface area (Å²) in [5.74, 6) is -0.387. The van der Waals surface area contributed by atoms with E-state index in [4.69, 9.17) is 15.2 Å². The average molecular weight is 286 g/mol. The smallest absolute Gasteiger partial charge is 0.332 e. The number of likely N-dealkylation sites (tertiary alicyclic amines) is 1. The van der Waals surface area contributed by atoms with Gasteiger partial charge in [0.15, 0.2) is 0 Å². The summed E-state index contributed by atoms with van der Waals surface area (Å²) in [6.07, 6.45) is 1.45. The first-order valence-electron chi connectivity index (χ1n) is 7.07. The predicted octanol–water partition coefficient (Wildman–Crippen LogP) is 0.683. The third-order valence-corrected chi connectivity index (χ3v) is 3.00. The van der Waals surface area contributed by atoms with Gasteiger partial charge in [0.25, 0.3) is 0 Å². The van der Waals surface area contributed by atoms with Gasteiger partial charge < -0.3 is 20.1 Å². The van der Waals surface area contributed by atoms with Crippen molar-refractivity contribution in [3.8, 4) is 0 Å². The SMILES string of the molecule is C[C@H](N)C(=O)N1CCC(OCC(=O)OC(C)(C)C)CC1. The van der Waals surface area contributed by atoms with Crippen molar-refractivity contribution in [3.05, 3.63) is 0 Å². The van der Waals surface area contributed by atoms with Crippen LogP contribution < -0.4 is 5.73 Å². The maximum absolute atomic E-state index is 11.7. The Kier molecular flexibility index (Phi) is 5.95. The van der Waals surface area contributed by atoms with Gasteiger partial charge in [0, 0.05) is 13.1 Å². The number of carbonyl (C=O) groups excluding carboxylic acids is 2. The number of piperidine rings is 1. The van der Waals surface area contributed by atoms with Crippen LogP contribution in [0, 0.1) is 0 Å². The molecule has 1 fully saturated rings. The van der Waals surface area contributed by atoms with Crippen LogP contribution in [0.25, 0.3) is 0 Å². The number of rotatable bonds is 4. The fourth-order valence-corrected chi connectivity index (χ4v) is 2.09. The van der Waals surface area contributed by atoms with E-state index in [0.717, 1.165) is 12.8 Å². The van der Waals surface area contributed by atoms with Crippen LogP contribution >= 0.6 is 0 Å².